The van der Waals surface area contributed by atoms with E-state index in [1.807, 2.05) is 6.07 Å². The molecule has 2 aromatic rings. The minimum atomic E-state index is -1.21. The van der Waals surface area contributed by atoms with Crippen LogP contribution in [0, 0.1) is 28.4 Å². The van der Waals surface area contributed by atoms with E-state index in [1.54, 1.807) is 6.92 Å². The first-order valence-electron chi connectivity index (χ1n) is 5.42. The normalized spacial score (nSPS) is 10.0. The molecule has 1 aromatic heterocycles. The molecule has 0 atom stereocenters. The number of hydrogen-bond donors (Lipinski definition) is 1. The maximum Gasteiger partial charge on any atom is 0.356 e. The van der Waals surface area contributed by atoms with Crippen molar-refractivity contribution >= 4 is 11.7 Å². The largest absolute Gasteiger partial charge is 0.476 e. The lowest BCUT2D eigenvalue weighted by Gasteiger charge is -2.02. The summed E-state index contributed by atoms with van der Waals surface area (Å²) < 4.78 is 1.12. The van der Waals surface area contributed by atoms with Crippen molar-refractivity contribution in [2.24, 2.45) is 0 Å². The van der Waals surface area contributed by atoms with Gasteiger partial charge in [-0.15, -0.1) is 0 Å². The van der Waals surface area contributed by atoms with Gasteiger partial charge in [0.25, 0.3) is 5.69 Å². The number of aromatic carboxylic acids is 1. The van der Waals surface area contributed by atoms with E-state index in [1.165, 1.54) is 18.3 Å². The van der Waals surface area contributed by atoms with Crippen LogP contribution < -0.4 is 0 Å². The van der Waals surface area contributed by atoms with Gasteiger partial charge in [0.15, 0.2) is 5.69 Å². The number of rotatable bonds is 3. The Morgan fingerprint density at radius 1 is 1.55 bits per heavy atom. The average molecular weight is 272 g/mol. The molecule has 0 saturated heterocycles. The first-order valence-corrected chi connectivity index (χ1v) is 5.42. The quantitative estimate of drug-likeness (QED) is 0.669. The molecule has 0 aliphatic rings. The standard InChI is InChI=1S/C12H8N4O4/c1-7-6-15(14-11(7)12(17)18)9-3-2-8(5-13)4-10(9)16(19)20/h2-4,6H,1H3,(H,17,18). The van der Waals surface area contributed by atoms with Gasteiger partial charge in [0, 0.05) is 17.8 Å². The van der Waals surface area contributed by atoms with Crippen molar-refractivity contribution in [2.75, 3.05) is 0 Å². The number of hydrogen-bond acceptors (Lipinski definition) is 5. The summed E-state index contributed by atoms with van der Waals surface area (Å²) in [5, 5.41) is 32.5. The Kier molecular flexibility index (Phi) is 3.18. The average Bonchev–Trinajstić information content (AvgIpc) is 2.80. The molecule has 0 amide bonds. The third-order valence-electron chi connectivity index (χ3n) is 2.65. The van der Waals surface area contributed by atoms with E-state index in [9.17, 15) is 14.9 Å². The van der Waals surface area contributed by atoms with Crippen molar-refractivity contribution in [1.29, 1.82) is 5.26 Å². The fraction of sp³-hybridized carbons (Fsp3) is 0.0833. The highest BCUT2D eigenvalue weighted by atomic mass is 16.6. The predicted molar refractivity (Wildman–Crippen MR) is 66.6 cm³/mol. The highest BCUT2D eigenvalue weighted by Crippen LogP contribution is 2.24. The van der Waals surface area contributed by atoms with E-state index in [4.69, 9.17) is 10.4 Å². The molecule has 0 fully saturated rings. The van der Waals surface area contributed by atoms with Crippen LogP contribution in [0.1, 0.15) is 21.6 Å². The van der Waals surface area contributed by atoms with Crippen molar-refractivity contribution in [1.82, 2.24) is 9.78 Å². The molecule has 8 heteroatoms. The topological polar surface area (TPSA) is 122 Å². The Labute approximate surface area is 112 Å². The van der Waals surface area contributed by atoms with Gasteiger partial charge in [-0.25, -0.2) is 9.48 Å². The van der Waals surface area contributed by atoms with Crippen molar-refractivity contribution in [3.05, 3.63) is 51.3 Å². The summed E-state index contributed by atoms with van der Waals surface area (Å²) >= 11 is 0. The minimum absolute atomic E-state index is 0.101. The number of nitriles is 1. The van der Waals surface area contributed by atoms with Crippen LogP contribution in [-0.2, 0) is 0 Å². The minimum Gasteiger partial charge on any atom is -0.476 e. The van der Waals surface area contributed by atoms with E-state index in [-0.39, 0.29) is 22.6 Å². The van der Waals surface area contributed by atoms with Crippen LogP contribution in [0.25, 0.3) is 5.69 Å². The van der Waals surface area contributed by atoms with Crippen LogP contribution in [0.3, 0.4) is 0 Å². The maximum atomic E-state index is 11.0. The molecular formula is C12H8N4O4. The zero-order chi connectivity index (χ0) is 14.9. The second kappa shape index (κ2) is 4.81. The molecule has 1 aromatic carbocycles. The monoisotopic (exact) mass is 272 g/mol. The number of carboxylic acid groups (broad SMARTS) is 1. The molecule has 0 aliphatic carbocycles. The molecule has 100 valence electrons. The van der Waals surface area contributed by atoms with Gasteiger partial charge >= 0.3 is 5.97 Å². The number of benzene rings is 1. The molecule has 0 aliphatic heterocycles. The van der Waals surface area contributed by atoms with Crippen LogP contribution in [0.2, 0.25) is 0 Å². The van der Waals surface area contributed by atoms with Crippen LogP contribution >= 0.6 is 0 Å². The van der Waals surface area contributed by atoms with Crippen LogP contribution in [0.15, 0.2) is 24.4 Å². The molecule has 8 nitrogen and oxygen atoms in total. The summed E-state index contributed by atoms with van der Waals surface area (Å²) in [4.78, 5) is 21.3. The molecule has 0 saturated carbocycles. The Morgan fingerprint density at radius 2 is 2.25 bits per heavy atom. The first kappa shape index (κ1) is 13.2. The van der Waals surface area contributed by atoms with Gasteiger partial charge in [0.1, 0.15) is 5.69 Å². The Balaban J connectivity index is 2.64. The lowest BCUT2D eigenvalue weighted by molar-refractivity contribution is -0.384. The first-order chi connectivity index (χ1) is 9.43. The fourth-order valence-electron chi connectivity index (χ4n) is 1.73. The molecule has 0 radical (unpaired) electrons. The van der Waals surface area contributed by atoms with Gasteiger partial charge in [-0.1, -0.05) is 0 Å². The molecule has 2 rings (SSSR count). The number of nitrogens with zero attached hydrogens (tertiary/aromatic N) is 4. The number of nitro benzene ring substituents is 1. The number of carboxylic acids is 1. The lowest BCUT2D eigenvalue weighted by Crippen LogP contribution is -2.04. The van der Waals surface area contributed by atoms with Gasteiger partial charge < -0.3 is 5.11 Å². The van der Waals surface area contributed by atoms with E-state index in [0.717, 1.165) is 10.7 Å². The van der Waals surface area contributed by atoms with E-state index in [2.05, 4.69) is 5.10 Å². The molecule has 0 spiro atoms. The lowest BCUT2D eigenvalue weighted by atomic mass is 10.2. The molecule has 1 N–H and O–H groups in total. The Hall–Kier alpha value is -3.21. The molecular weight excluding hydrogens is 264 g/mol. The summed E-state index contributed by atoms with van der Waals surface area (Å²) in [6, 6.07) is 5.68. The summed E-state index contributed by atoms with van der Waals surface area (Å²) in [5.41, 5.74) is 0.135. The number of aromatic nitrogens is 2. The van der Waals surface area contributed by atoms with Crippen molar-refractivity contribution in [3.63, 3.8) is 0 Å². The molecule has 20 heavy (non-hydrogen) atoms. The second-order valence-corrected chi connectivity index (χ2v) is 3.98. The van der Waals surface area contributed by atoms with E-state index in [0.29, 0.717) is 5.56 Å². The third-order valence-corrected chi connectivity index (χ3v) is 2.65. The van der Waals surface area contributed by atoms with Crippen molar-refractivity contribution in [2.45, 2.75) is 6.92 Å². The molecule has 0 unspecified atom stereocenters. The van der Waals surface area contributed by atoms with Gasteiger partial charge in [-0.05, 0) is 19.1 Å². The zero-order valence-electron chi connectivity index (χ0n) is 10.3. The van der Waals surface area contributed by atoms with E-state index < -0.39 is 10.9 Å². The summed E-state index contributed by atoms with van der Waals surface area (Å²) in [7, 11) is 0. The van der Waals surface area contributed by atoms with Gasteiger partial charge in [-0.3, -0.25) is 10.1 Å². The van der Waals surface area contributed by atoms with Crippen LogP contribution in [0.4, 0.5) is 5.69 Å². The third kappa shape index (κ3) is 2.20. The Morgan fingerprint density at radius 3 is 2.75 bits per heavy atom. The SMILES string of the molecule is Cc1cn(-c2ccc(C#N)cc2[N+](=O)[O-])nc1C(=O)O. The molecule has 1 heterocycles. The number of carbonyl (C=O) groups is 1. The Bertz CT molecular complexity index is 757. The zero-order valence-corrected chi connectivity index (χ0v) is 10.3. The van der Waals surface area contributed by atoms with Gasteiger partial charge in [0.2, 0.25) is 0 Å². The second-order valence-electron chi connectivity index (χ2n) is 3.98. The smallest absolute Gasteiger partial charge is 0.356 e. The van der Waals surface area contributed by atoms with Crippen LogP contribution in [0.5, 0.6) is 0 Å². The molecule has 0 bridgehead atoms. The highest BCUT2D eigenvalue weighted by molar-refractivity contribution is 5.87. The van der Waals surface area contributed by atoms with Crippen molar-refractivity contribution in [3.8, 4) is 11.8 Å². The summed E-state index contributed by atoms with van der Waals surface area (Å²) in [6.07, 6.45) is 1.39. The predicted octanol–water partition coefficient (Wildman–Crippen LogP) is 1.66. The van der Waals surface area contributed by atoms with Gasteiger partial charge in [0.05, 0.1) is 16.6 Å². The summed E-state index contributed by atoms with van der Waals surface area (Å²) in [6.45, 7) is 1.54. The maximum absolute atomic E-state index is 11.0. The highest BCUT2D eigenvalue weighted by Gasteiger charge is 2.20. The van der Waals surface area contributed by atoms with Crippen LogP contribution in [-0.4, -0.2) is 25.8 Å². The van der Waals surface area contributed by atoms with E-state index >= 15 is 0 Å². The number of nitro groups is 1. The summed E-state index contributed by atoms with van der Waals surface area (Å²) in [5.74, 6) is -1.21. The van der Waals surface area contributed by atoms with Crippen molar-refractivity contribution < 1.29 is 14.8 Å². The number of aryl methyl sites for hydroxylation is 1. The van der Waals surface area contributed by atoms with Gasteiger partial charge in [-0.2, -0.15) is 10.4 Å². The fourth-order valence-corrected chi connectivity index (χ4v) is 1.73.